The SMILES string of the molecule is CC(Sc1n[nH]c(-c2ccccc2F)n1)C(=O)Nc1ccc(OCc2ccccc2)cc1. The Labute approximate surface area is 189 Å². The van der Waals surface area contributed by atoms with Crippen molar-refractivity contribution in [2.45, 2.75) is 23.9 Å². The maximum absolute atomic E-state index is 13.9. The molecule has 0 aliphatic carbocycles. The number of hydrogen-bond donors (Lipinski definition) is 2. The van der Waals surface area contributed by atoms with Crippen molar-refractivity contribution in [3.05, 3.63) is 90.2 Å². The lowest BCUT2D eigenvalue weighted by atomic mass is 10.2. The number of thioether (sulfide) groups is 1. The fraction of sp³-hybridized carbons (Fsp3) is 0.125. The first kappa shape index (κ1) is 21.6. The molecule has 32 heavy (non-hydrogen) atoms. The lowest BCUT2D eigenvalue weighted by molar-refractivity contribution is -0.115. The molecule has 8 heteroatoms. The molecule has 162 valence electrons. The molecule has 0 radical (unpaired) electrons. The molecule has 4 aromatic rings. The van der Waals surface area contributed by atoms with Crippen LogP contribution in [-0.4, -0.2) is 26.3 Å². The van der Waals surface area contributed by atoms with Crippen LogP contribution in [0.2, 0.25) is 0 Å². The number of hydrogen-bond acceptors (Lipinski definition) is 5. The van der Waals surface area contributed by atoms with E-state index in [2.05, 4.69) is 20.5 Å². The monoisotopic (exact) mass is 448 g/mol. The highest BCUT2D eigenvalue weighted by molar-refractivity contribution is 8.00. The highest BCUT2D eigenvalue weighted by Crippen LogP contribution is 2.25. The van der Waals surface area contributed by atoms with Gasteiger partial charge in [-0.1, -0.05) is 54.2 Å². The van der Waals surface area contributed by atoms with Crippen LogP contribution in [-0.2, 0) is 11.4 Å². The molecule has 1 amide bonds. The number of nitrogens with one attached hydrogen (secondary N) is 2. The topological polar surface area (TPSA) is 79.9 Å². The minimum atomic E-state index is -0.451. The van der Waals surface area contributed by atoms with Crippen molar-refractivity contribution >= 4 is 23.4 Å². The van der Waals surface area contributed by atoms with Gasteiger partial charge in [-0.15, -0.1) is 5.10 Å². The fourth-order valence-electron chi connectivity index (χ4n) is 2.90. The molecule has 0 aliphatic rings. The Morgan fingerprint density at radius 3 is 2.53 bits per heavy atom. The smallest absolute Gasteiger partial charge is 0.237 e. The van der Waals surface area contributed by atoms with Crippen molar-refractivity contribution in [1.82, 2.24) is 15.2 Å². The Bertz CT molecular complexity index is 1180. The predicted octanol–water partition coefficient (Wildman–Crippen LogP) is 5.31. The summed E-state index contributed by atoms with van der Waals surface area (Å²) in [7, 11) is 0. The molecule has 6 nitrogen and oxygen atoms in total. The first-order valence-electron chi connectivity index (χ1n) is 10.00. The molecular weight excluding hydrogens is 427 g/mol. The molecule has 4 rings (SSSR count). The summed E-state index contributed by atoms with van der Waals surface area (Å²) in [6.45, 7) is 2.24. The zero-order valence-corrected chi connectivity index (χ0v) is 18.1. The Kier molecular flexibility index (Phi) is 6.81. The summed E-state index contributed by atoms with van der Waals surface area (Å²) < 4.78 is 19.7. The van der Waals surface area contributed by atoms with Crippen molar-refractivity contribution in [3.63, 3.8) is 0 Å². The Hall–Kier alpha value is -3.65. The Morgan fingerprint density at radius 1 is 1.06 bits per heavy atom. The maximum atomic E-state index is 13.9. The van der Waals surface area contributed by atoms with Gasteiger partial charge in [0.1, 0.15) is 18.2 Å². The molecule has 3 aromatic carbocycles. The van der Waals surface area contributed by atoms with Gasteiger partial charge in [0.25, 0.3) is 0 Å². The van der Waals surface area contributed by atoms with E-state index in [1.54, 1.807) is 37.3 Å². The number of carbonyl (C=O) groups excluding carboxylic acids is 1. The molecule has 0 fully saturated rings. The molecule has 2 N–H and O–H groups in total. The van der Waals surface area contributed by atoms with E-state index in [0.717, 1.165) is 11.3 Å². The average Bonchev–Trinajstić information content (AvgIpc) is 3.27. The first-order valence-corrected chi connectivity index (χ1v) is 10.9. The van der Waals surface area contributed by atoms with Crippen LogP contribution in [0.15, 0.2) is 84.0 Å². The Morgan fingerprint density at radius 2 is 1.78 bits per heavy atom. The van der Waals surface area contributed by atoms with Crippen molar-refractivity contribution in [1.29, 1.82) is 0 Å². The van der Waals surface area contributed by atoms with E-state index in [1.165, 1.54) is 17.8 Å². The second-order valence-corrected chi connectivity index (χ2v) is 8.30. The maximum Gasteiger partial charge on any atom is 0.237 e. The number of anilines is 1. The van der Waals surface area contributed by atoms with Crippen molar-refractivity contribution in [3.8, 4) is 17.1 Å². The molecule has 1 aromatic heterocycles. The molecule has 0 bridgehead atoms. The number of carbonyl (C=O) groups is 1. The van der Waals surface area contributed by atoms with E-state index in [0.29, 0.717) is 28.8 Å². The van der Waals surface area contributed by atoms with Crippen LogP contribution in [0.5, 0.6) is 5.75 Å². The number of H-pyrrole nitrogens is 1. The molecule has 1 atom stereocenters. The largest absolute Gasteiger partial charge is 0.489 e. The van der Waals surface area contributed by atoms with Crippen molar-refractivity contribution in [2.75, 3.05) is 5.32 Å². The number of aromatic nitrogens is 3. The number of halogens is 1. The highest BCUT2D eigenvalue weighted by Gasteiger charge is 2.18. The number of aromatic amines is 1. The zero-order chi connectivity index (χ0) is 22.3. The summed E-state index contributed by atoms with van der Waals surface area (Å²) in [6, 6.07) is 23.4. The third kappa shape index (κ3) is 5.53. The molecule has 0 saturated heterocycles. The van der Waals surface area contributed by atoms with Gasteiger partial charge in [-0.25, -0.2) is 9.37 Å². The number of benzene rings is 3. The summed E-state index contributed by atoms with van der Waals surface area (Å²) in [5.74, 6) is 0.465. The van der Waals surface area contributed by atoms with Gasteiger partial charge in [-0.2, -0.15) is 0 Å². The summed E-state index contributed by atoms with van der Waals surface area (Å²) in [5, 5.41) is 9.59. The summed E-state index contributed by atoms with van der Waals surface area (Å²) in [5.41, 5.74) is 2.08. The quantitative estimate of drug-likeness (QED) is 0.357. The van der Waals surface area contributed by atoms with Gasteiger partial charge in [0.05, 0.1) is 10.8 Å². The first-order chi connectivity index (χ1) is 15.6. The van der Waals surface area contributed by atoms with Crippen LogP contribution < -0.4 is 10.1 Å². The number of nitrogens with zero attached hydrogens (tertiary/aromatic N) is 2. The lowest BCUT2D eigenvalue weighted by Crippen LogP contribution is -2.22. The minimum Gasteiger partial charge on any atom is -0.489 e. The van der Waals surface area contributed by atoms with E-state index in [4.69, 9.17) is 4.74 Å². The van der Waals surface area contributed by atoms with Crippen LogP contribution >= 0.6 is 11.8 Å². The van der Waals surface area contributed by atoms with Gasteiger partial charge in [0.15, 0.2) is 5.82 Å². The zero-order valence-electron chi connectivity index (χ0n) is 17.3. The van der Waals surface area contributed by atoms with Crippen LogP contribution in [0.4, 0.5) is 10.1 Å². The lowest BCUT2D eigenvalue weighted by Gasteiger charge is -2.11. The van der Waals surface area contributed by atoms with Crippen LogP contribution in [0.1, 0.15) is 12.5 Å². The third-order valence-electron chi connectivity index (χ3n) is 4.62. The summed E-state index contributed by atoms with van der Waals surface area (Å²) in [6.07, 6.45) is 0. The third-order valence-corrected chi connectivity index (χ3v) is 5.58. The van der Waals surface area contributed by atoms with E-state index in [9.17, 15) is 9.18 Å². The normalized spacial score (nSPS) is 11.7. The number of ether oxygens (including phenoxy) is 1. The second kappa shape index (κ2) is 10.1. The van der Waals surface area contributed by atoms with Crippen LogP contribution in [0.25, 0.3) is 11.4 Å². The number of rotatable bonds is 8. The van der Waals surface area contributed by atoms with Gasteiger partial charge in [-0.05, 0) is 48.9 Å². The Balaban J connectivity index is 1.30. The second-order valence-electron chi connectivity index (χ2n) is 6.99. The molecular formula is C24H21FN4O2S. The van der Waals surface area contributed by atoms with E-state index >= 15 is 0 Å². The fourth-order valence-corrected chi connectivity index (χ4v) is 3.63. The summed E-state index contributed by atoms with van der Waals surface area (Å²) >= 11 is 1.19. The van der Waals surface area contributed by atoms with Crippen LogP contribution in [0, 0.1) is 5.82 Å². The van der Waals surface area contributed by atoms with E-state index in [1.807, 2.05) is 42.5 Å². The van der Waals surface area contributed by atoms with Gasteiger partial charge < -0.3 is 10.1 Å². The van der Waals surface area contributed by atoms with E-state index in [-0.39, 0.29) is 11.7 Å². The molecule has 1 heterocycles. The molecule has 1 unspecified atom stereocenters. The average molecular weight is 449 g/mol. The molecule has 0 spiro atoms. The molecule has 0 aliphatic heterocycles. The molecule has 0 saturated carbocycles. The predicted molar refractivity (Wildman–Crippen MR) is 123 cm³/mol. The van der Waals surface area contributed by atoms with Crippen molar-refractivity contribution < 1.29 is 13.9 Å². The summed E-state index contributed by atoms with van der Waals surface area (Å²) in [4.78, 5) is 16.8. The standard InChI is InChI=1S/C24H21FN4O2S/c1-16(32-24-27-22(28-29-24)20-9-5-6-10-21(20)25)23(30)26-18-11-13-19(14-12-18)31-15-17-7-3-2-4-8-17/h2-14,16H,15H2,1H3,(H,26,30)(H,27,28,29). The van der Waals surface area contributed by atoms with Gasteiger partial charge in [0.2, 0.25) is 11.1 Å². The van der Waals surface area contributed by atoms with Crippen molar-refractivity contribution in [2.24, 2.45) is 0 Å². The van der Waals surface area contributed by atoms with Gasteiger partial charge in [-0.3, -0.25) is 9.89 Å². The van der Waals surface area contributed by atoms with Gasteiger partial charge >= 0.3 is 0 Å². The number of amides is 1. The van der Waals surface area contributed by atoms with Gasteiger partial charge in [0, 0.05) is 5.69 Å². The highest BCUT2D eigenvalue weighted by atomic mass is 32.2. The minimum absolute atomic E-state index is 0.190. The van der Waals surface area contributed by atoms with E-state index < -0.39 is 5.25 Å². The van der Waals surface area contributed by atoms with Crippen LogP contribution in [0.3, 0.4) is 0 Å².